The van der Waals surface area contributed by atoms with Crippen LogP contribution in [0.25, 0.3) is 26.1 Å². The maximum Gasteiger partial charge on any atom is 0.275 e. The summed E-state index contributed by atoms with van der Waals surface area (Å²) < 4.78 is 2.24. The van der Waals surface area contributed by atoms with E-state index < -0.39 is 0 Å². The third-order valence-corrected chi connectivity index (χ3v) is 5.22. The molecule has 3 heterocycles. The fourth-order valence-corrected chi connectivity index (χ4v) is 3.93. The maximum atomic E-state index is 12.9. The summed E-state index contributed by atoms with van der Waals surface area (Å²) in [5, 5.41) is 0.970. The number of nitrogens with zero attached hydrogens (tertiary/aromatic N) is 4. The molecule has 0 aromatic carbocycles. The van der Waals surface area contributed by atoms with Crippen LogP contribution < -0.4 is 10.5 Å². The molecule has 130 valence electrons. The van der Waals surface area contributed by atoms with Crippen LogP contribution in [0, 0.1) is 0 Å². The molecule has 0 saturated heterocycles. The maximum absolute atomic E-state index is 12.9. The van der Waals surface area contributed by atoms with Gasteiger partial charge in [-0.3, -0.25) is 9.36 Å². The van der Waals surface area contributed by atoms with Crippen molar-refractivity contribution in [2.45, 2.75) is 27.2 Å². The third-order valence-electron chi connectivity index (χ3n) is 4.14. The lowest BCUT2D eigenvalue weighted by atomic mass is 10.2. The van der Waals surface area contributed by atoms with Crippen LogP contribution >= 0.6 is 11.3 Å². The molecule has 6 heteroatoms. The second kappa shape index (κ2) is 7.19. The molecule has 0 aliphatic rings. The monoisotopic (exact) mass is 354 g/mol. The Kier molecular flexibility index (Phi) is 4.99. The van der Waals surface area contributed by atoms with E-state index in [0.29, 0.717) is 4.70 Å². The summed E-state index contributed by atoms with van der Waals surface area (Å²) in [6, 6.07) is 1.99. The van der Waals surface area contributed by atoms with Crippen LogP contribution in [0.1, 0.15) is 27.2 Å². The molecule has 3 rings (SSSR count). The van der Waals surface area contributed by atoms with Crippen molar-refractivity contribution >= 4 is 43.2 Å². The van der Waals surface area contributed by atoms with Crippen LogP contribution in [-0.2, 0) is 0 Å². The minimum absolute atomic E-state index is 0.0460. The van der Waals surface area contributed by atoms with Gasteiger partial charge in [0.05, 0.1) is 16.6 Å². The third kappa shape index (κ3) is 3.09. The summed E-state index contributed by atoms with van der Waals surface area (Å²) in [5.74, 6) is 0. The smallest absolute Gasteiger partial charge is 0.275 e. The molecule has 0 radical (unpaired) electrons. The minimum atomic E-state index is -0.0460. The first-order chi connectivity index (χ1) is 12.1. The number of pyridine rings is 1. The van der Waals surface area contributed by atoms with Gasteiger partial charge in [-0.25, -0.2) is 9.97 Å². The zero-order chi connectivity index (χ0) is 18.0. The number of hydrogen-bond acceptors (Lipinski definition) is 5. The lowest BCUT2D eigenvalue weighted by Gasteiger charge is -2.19. The molecular weight excluding hydrogens is 332 g/mol. The van der Waals surface area contributed by atoms with E-state index in [2.05, 4.69) is 28.8 Å². The van der Waals surface area contributed by atoms with Crippen molar-refractivity contribution in [2.75, 3.05) is 18.5 Å². The number of hydrogen-bond donors (Lipinski definition) is 0. The molecule has 0 amide bonds. The van der Waals surface area contributed by atoms with Crippen molar-refractivity contribution in [1.82, 2.24) is 14.5 Å². The normalized spacial score (nSPS) is 12.6. The Bertz CT molecular complexity index is 1030. The fourth-order valence-electron chi connectivity index (χ4n) is 2.88. The number of allylic oxidation sites excluding steroid dienone is 4. The molecule has 0 aliphatic heterocycles. The Morgan fingerprint density at radius 3 is 2.92 bits per heavy atom. The number of fused-ring (bicyclic) bond motifs is 3. The number of anilines is 1. The largest absolute Gasteiger partial charge is 0.374 e. The van der Waals surface area contributed by atoms with Crippen molar-refractivity contribution in [3.8, 4) is 0 Å². The van der Waals surface area contributed by atoms with Crippen LogP contribution in [0.15, 0.2) is 41.6 Å². The SMILES string of the molecule is CC=C/C=C(\C)n1cnc2c(sc3nccc(N(C)CCC)c32)c1=O. The second-order valence-corrected chi connectivity index (χ2v) is 6.96. The molecule has 5 nitrogen and oxygen atoms in total. The van der Waals surface area contributed by atoms with Gasteiger partial charge in [0.2, 0.25) is 0 Å². The average Bonchev–Trinajstić information content (AvgIpc) is 3.00. The quantitative estimate of drug-likeness (QED) is 0.641. The zero-order valence-corrected chi connectivity index (χ0v) is 15.8. The first-order valence-corrected chi connectivity index (χ1v) is 9.20. The molecule has 0 unspecified atom stereocenters. The van der Waals surface area contributed by atoms with Crippen molar-refractivity contribution in [3.63, 3.8) is 0 Å². The predicted molar refractivity (Wildman–Crippen MR) is 108 cm³/mol. The van der Waals surface area contributed by atoms with Gasteiger partial charge in [-0.1, -0.05) is 19.1 Å². The molecule has 0 spiro atoms. The lowest BCUT2D eigenvalue weighted by Crippen LogP contribution is -2.19. The van der Waals surface area contributed by atoms with Gasteiger partial charge < -0.3 is 4.90 Å². The Hall–Kier alpha value is -2.47. The van der Waals surface area contributed by atoms with Gasteiger partial charge in [-0.2, -0.15) is 0 Å². The summed E-state index contributed by atoms with van der Waals surface area (Å²) in [6.45, 7) is 6.94. The highest BCUT2D eigenvalue weighted by molar-refractivity contribution is 7.25. The number of thiophene rings is 1. The van der Waals surface area contributed by atoms with E-state index in [1.165, 1.54) is 11.3 Å². The number of aromatic nitrogens is 3. The summed E-state index contributed by atoms with van der Waals surface area (Å²) in [5.41, 5.74) is 2.61. The zero-order valence-electron chi connectivity index (χ0n) is 15.0. The minimum Gasteiger partial charge on any atom is -0.374 e. The highest BCUT2D eigenvalue weighted by Gasteiger charge is 2.17. The van der Waals surface area contributed by atoms with E-state index >= 15 is 0 Å². The van der Waals surface area contributed by atoms with Gasteiger partial charge >= 0.3 is 0 Å². The molecule has 0 N–H and O–H groups in total. The predicted octanol–water partition coefficient (Wildman–Crippen LogP) is 4.29. The van der Waals surface area contributed by atoms with Crippen LogP contribution in [0.2, 0.25) is 0 Å². The molecule has 3 aromatic rings. The van der Waals surface area contributed by atoms with E-state index in [4.69, 9.17) is 0 Å². The average molecular weight is 354 g/mol. The van der Waals surface area contributed by atoms with E-state index in [0.717, 1.165) is 40.1 Å². The standard InChI is InChI=1S/C19H22N4OS/c1-5-7-8-13(3)23-12-21-16-15-14(22(4)11-6-2)9-10-20-18(15)25-17(16)19(23)24/h5,7-10,12H,6,11H2,1-4H3/b7-5?,13-8+. The fraction of sp³-hybridized carbons (Fsp3) is 0.316. The summed E-state index contributed by atoms with van der Waals surface area (Å²) >= 11 is 1.41. The molecule has 25 heavy (non-hydrogen) atoms. The number of rotatable bonds is 5. The highest BCUT2D eigenvalue weighted by atomic mass is 32.1. The molecular formula is C19H22N4OS. The van der Waals surface area contributed by atoms with E-state index in [-0.39, 0.29) is 5.56 Å². The van der Waals surface area contributed by atoms with Gasteiger partial charge in [0.1, 0.15) is 15.9 Å². The molecule has 0 aliphatic carbocycles. The van der Waals surface area contributed by atoms with Crippen molar-refractivity contribution in [3.05, 3.63) is 47.2 Å². The first kappa shape index (κ1) is 17.4. The van der Waals surface area contributed by atoms with Crippen molar-refractivity contribution in [2.24, 2.45) is 0 Å². The molecule has 0 saturated carbocycles. The highest BCUT2D eigenvalue weighted by Crippen LogP contribution is 2.35. The Labute approximate surface area is 150 Å². The van der Waals surface area contributed by atoms with E-state index in [1.807, 2.05) is 38.1 Å². The topological polar surface area (TPSA) is 51.0 Å². The van der Waals surface area contributed by atoms with E-state index in [1.54, 1.807) is 17.1 Å². The summed E-state index contributed by atoms with van der Waals surface area (Å²) in [6.07, 6.45) is 10.2. The lowest BCUT2D eigenvalue weighted by molar-refractivity contribution is 0.855. The van der Waals surface area contributed by atoms with Gasteiger partial charge in [0, 0.05) is 25.5 Å². The van der Waals surface area contributed by atoms with Crippen molar-refractivity contribution in [1.29, 1.82) is 0 Å². The Balaban J connectivity index is 2.27. The molecule has 0 bridgehead atoms. The van der Waals surface area contributed by atoms with Crippen LogP contribution in [0.4, 0.5) is 5.69 Å². The van der Waals surface area contributed by atoms with Gasteiger partial charge in [-0.15, -0.1) is 11.3 Å². The molecule has 0 fully saturated rings. The van der Waals surface area contributed by atoms with Gasteiger partial charge in [0.25, 0.3) is 5.56 Å². The van der Waals surface area contributed by atoms with Gasteiger partial charge in [-0.05, 0) is 32.4 Å². The molecule has 0 atom stereocenters. The Morgan fingerprint density at radius 2 is 2.20 bits per heavy atom. The van der Waals surface area contributed by atoms with Crippen LogP contribution in [0.3, 0.4) is 0 Å². The Morgan fingerprint density at radius 1 is 1.40 bits per heavy atom. The van der Waals surface area contributed by atoms with Crippen molar-refractivity contribution < 1.29 is 0 Å². The van der Waals surface area contributed by atoms with Gasteiger partial charge in [0.15, 0.2) is 0 Å². The summed E-state index contributed by atoms with van der Waals surface area (Å²) in [4.78, 5) is 25.1. The van der Waals surface area contributed by atoms with E-state index in [9.17, 15) is 4.79 Å². The second-order valence-electron chi connectivity index (χ2n) is 5.97. The summed E-state index contributed by atoms with van der Waals surface area (Å²) in [7, 11) is 2.06. The van der Waals surface area contributed by atoms with Crippen LogP contribution in [0.5, 0.6) is 0 Å². The van der Waals surface area contributed by atoms with Crippen LogP contribution in [-0.4, -0.2) is 28.1 Å². The first-order valence-electron chi connectivity index (χ1n) is 8.38. The molecule has 3 aromatic heterocycles.